The maximum Gasteiger partial charge on any atom is 0.416 e. The molecule has 1 aromatic rings. The van der Waals surface area contributed by atoms with Crippen LogP contribution < -0.4 is 5.73 Å². The van der Waals surface area contributed by atoms with Crippen LogP contribution >= 0.6 is 0 Å². The highest BCUT2D eigenvalue weighted by atomic mass is 19.4. The fourth-order valence-corrected chi connectivity index (χ4v) is 2.97. The Balaban J connectivity index is 2.31. The second kappa shape index (κ2) is 4.49. The molecule has 5 heteroatoms. The topological polar surface area (TPSA) is 46.2 Å². The number of halogens is 3. The first-order chi connectivity index (χ1) is 8.69. The van der Waals surface area contributed by atoms with Gasteiger partial charge in [-0.25, -0.2) is 0 Å². The van der Waals surface area contributed by atoms with Crippen molar-refractivity contribution < 1.29 is 18.3 Å². The molecule has 0 aromatic heterocycles. The van der Waals surface area contributed by atoms with Crippen LogP contribution in [0.5, 0.6) is 0 Å². The van der Waals surface area contributed by atoms with Crippen molar-refractivity contribution in [3.8, 4) is 0 Å². The van der Waals surface area contributed by atoms with Gasteiger partial charge in [-0.2, -0.15) is 13.2 Å². The van der Waals surface area contributed by atoms with Gasteiger partial charge >= 0.3 is 6.18 Å². The van der Waals surface area contributed by atoms with Crippen LogP contribution in [0.2, 0.25) is 0 Å². The van der Waals surface area contributed by atoms with E-state index in [-0.39, 0.29) is 0 Å². The van der Waals surface area contributed by atoms with Crippen LogP contribution in [0.4, 0.5) is 13.2 Å². The molecule has 0 saturated heterocycles. The lowest BCUT2D eigenvalue weighted by Gasteiger charge is -2.30. The Morgan fingerprint density at radius 3 is 2.16 bits per heavy atom. The zero-order valence-electron chi connectivity index (χ0n) is 10.8. The van der Waals surface area contributed by atoms with Crippen LogP contribution in [-0.4, -0.2) is 17.3 Å². The van der Waals surface area contributed by atoms with E-state index in [9.17, 15) is 18.3 Å². The van der Waals surface area contributed by atoms with Gasteiger partial charge < -0.3 is 10.8 Å². The molecule has 1 aliphatic rings. The van der Waals surface area contributed by atoms with Crippen molar-refractivity contribution in [2.45, 2.75) is 43.4 Å². The van der Waals surface area contributed by atoms with E-state index in [2.05, 4.69) is 0 Å². The Labute approximate surface area is 110 Å². The lowest BCUT2D eigenvalue weighted by Crippen LogP contribution is -2.35. The standard InChI is InChI=1S/C14H18F3NO/c1-12(19)6-7-13(8-12,9-18)10-2-4-11(5-3-10)14(15,16)17/h2-5,19H,6-9,18H2,1H3. The monoisotopic (exact) mass is 273 g/mol. The maximum atomic E-state index is 12.5. The fourth-order valence-electron chi connectivity index (χ4n) is 2.97. The number of rotatable bonds is 2. The minimum Gasteiger partial charge on any atom is -0.390 e. The van der Waals surface area contributed by atoms with Crippen molar-refractivity contribution in [3.63, 3.8) is 0 Å². The number of aliphatic hydroxyl groups is 1. The Morgan fingerprint density at radius 1 is 1.21 bits per heavy atom. The van der Waals surface area contributed by atoms with Gasteiger partial charge in [0.15, 0.2) is 0 Å². The van der Waals surface area contributed by atoms with Crippen LogP contribution in [0.1, 0.15) is 37.3 Å². The molecule has 1 fully saturated rings. The smallest absolute Gasteiger partial charge is 0.390 e. The highest BCUT2D eigenvalue weighted by molar-refractivity contribution is 5.33. The molecule has 0 spiro atoms. The number of hydrogen-bond acceptors (Lipinski definition) is 2. The van der Waals surface area contributed by atoms with Gasteiger partial charge in [0, 0.05) is 12.0 Å². The van der Waals surface area contributed by atoms with Crippen molar-refractivity contribution in [2.75, 3.05) is 6.54 Å². The number of hydrogen-bond donors (Lipinski definition) is 2. The molecule has 19 heavy (non-hydrogen) atoms. The summed E-state index contributed by atoms with van der Waals surface area (Å²) >= 11 is 0. The van der Waals surface area contributed by atoms with Gasteiger partial charge in [0.1, 0.15) is 0 Å². The number of alkyl halides is 3. The zero-order valence-corrected chi connectivity index (χ0v) is 10.8. The van der Waals surface area contributed by atoms with Crippen molar-refractivity contribution in [1.82, 2.24) is 0 Å². The van der Waals surface area contributed by atoms with Gasteiger partial charge in [-0.15, -0.1) is 0 Å². The summed E-state index contributed by atoms with van der Waals surface area (Å²) in [5.41, 5.74) is 4.73. The molecule has 0 amide bonds. The second-order valence-corrected chi connectivity index (χ2v) is 5.73. The summed E-state index contributed by atoms with van der Waals surface area (Å²) in [7, 11) is 0. The first-order valence-corrected chi connectivity index (χ1v) is 6.29. The van der Waals surface area contributed by atoms with E-state index >= 15 is 0 Å². The van der Waals surface area contributed by atoms with E-state index in [1.165, 1.54) is 12.1 Å². The Morgan fingerprint density at radius 2 is 1.79 bits per heavy atom. The largest absolute Gasteiger partial charge is 0.416 e. The van der Waals surface area contributed by atoms with E-state index in [4.69, 9.17) is 5.73 Å². The quantitative estimate of drug-likeness (QED) is 0.870. The van der Waals surface area contributed by atoms with Crippen LogP contribution in [-0.2, 0) is 11.6 Å². The van der Waals surface area contributed by atoms with Crippen LogP contribution in [0.25, 0.3) is 0 Å². The van der Waals surface area contributed by atoms with E-state index in [0.29, 0.717) is 25.8 Å². The maximum absolute atomic E-state index is 12.5. The molecule has 3 N–H and O–H groups in total. The summed E-state index contributed by atoms with van der Waals surface area (Å²) in [6.45, 7) is 2.07. The molecule has 2 nitrogen and oxygen atoms in total. The first-order valence-electron chi connectivity index (χ1n) is 6.29. The van der Waals surface area contributed by atoms with E-state index in [0.717, 1.165) is 17.7 Å². The van der Waals surface area contributed by atoms with Crippen molar-refractivity contribution in [1.29, 1.82) is 0 Å². The molecule has 2 rings (SSSR count). The minimum atomic E-state index is -4.32. The molecule has 1 aliphatic carbocycles. The van der Waals surface area contributed by atoms with Crippen LogP contribution in [0.15, 0.2) is 24.3 Å². The van der Waals surface area contributed by atoms with Gasteiger partial charge in [0.25, 0.3) is 0 Å². The Kier molecular flexibility index (Phi) is 3.39. The normalized spacial score (nSPS) is 31.7. The number of benzene rings is 1. The third-order valence-corrected chi connectivity index (χ3v) is 4.08. The molecule has 106 valence electrons. The molecule has 2 atom stereocenters. The summed E-state index contributed by atoms with van der Waals surface area (Å²) in [5.74, 6) is 0. The summed E-state index contributed by atoms with van der Waals surface area (Å²) in [6, 6.07) is 5.13. The van der Waals surface area contributed by atoms with Gasteiger partial charge in [0.2, 0.25) is 0 Å². The SMILES string of the molecule is CC1(O)CCC(CN)(c2ccc(C(F)(F)F)cc2)C1. The molecule has 0 bridgehead atoms. The average molecular weight is 273 g/mol. The van der Waals surface area contributed by atoms with Gasteiger partial charge in [0.05, 0.1) is 11.2 Å². The summed E-state index contributed by atoms with van der Waals surface area (Å²) in [4.78, 5) is 0. The fraction of sp³-hybridized carbons (Fsp3) is 0.571. The Bertz CT molecular complexity index is 453. The van der Waals surface area contributed by atoms with E-state index < -0.39 is 22.8 Å². The second-order valence-electron chi connectivity index (χ2n) is 5.73. The summed E-state index contributed by atoms with van der Waals surface area (Å²) < 4.78 is 37.6. The van der Waals surface area contributed by atoms with Crippen molar-refractivity contribution in [2.24, 2.45) is 5.73 Å². The molecule has 1 aromatic carbocycles. The molecule has 1 saturated carbocycles. The third-order valence-electron chi connectivity index (χ3n) is 4.08. The lowest BCUT2D eigenvalue weighted by molar-refractivity contribution is -0.137. The highest BCUT2D eigenvalue weighted by Gasteiger charge is 2.45. The third kappa shape index (κ3) is 2.77. The first kappa shape index (κ1) is 14.3. The molecule has 0 radical (unpaired) electrons. The van der Waals surface area contributed by atoms with Gasteiger partial charge in [-0.3, -0.25) is 0 Å². The molecule has 2 unspecified atom stereocenters. The molecular formula is C14H18F3NO. The molecule has 0 heterocycles. The summed E-state index contributed by atoms with van der Waals surface area (Å²) in [6.07, 6.45) is -2.52. The van der Waals surface area contributed by atoms with Crippen molar-refractivity contribution >= 4 is 0 Å². The minimum absolute atomic E-state index is 0.328. The van der Waals surface area contributed by atoms with Gasteiger partial charge in [-0.05, 0) is 43.9 Å². The lowest BCUT2D eigenvalue weighted by atomic mass is 9.77. The van der Waals surface area contributed by atoms with Gasteiger partial charge in [-0.1, -0.05) is 12.1 Å². The van der Waals surface area contributed by atoms with E-state index in [1.54, 1.807) is 6.92 Å². The van der Waals surface area contributed by atoms with Crippen LogP contribution in [0.3, 0.4) is 0 Å². The Hall–Kier alpha value is -1.07. The van der Waals surface area contributed by atoms with E-state index in [1.807, 2.05) is 0 Å². The average Bonchev–Trinajstić information content (AvgIpc) is 2.65. The number of nitrogens with two attached hydrogens (primary N) is 1. The highest BCUT2D eigenvalue weighted by Crippen LogP contribution is 2.45. The zero-order chi connectivity index (χ0) is 14.3. The van der Waals surface area contributed by atoms with Crippen molar-refractivity contribution in [3.05, 3.63) is 35.4 Å². The predicted octanol–water partition coefficient (Wildman–Crippen LogP) is 2.84. The molecular weight excluding hydrogens is 255 g/mol. The summed E-state index contributed by atoms with van der Waals surface area (Å²) in [5, 5.41) is 10.1. The molecule has 0 aliphatic heterocycles. The van der Waals surface area contributed by atoms with Crippen LogP contribution in [0, 0.1) is 0 Å². The predicted molar refractivity (Wildman–Crippen MR) is 66.7 cm³/mol.